The van der Waals surface area contributed by atoms with Crippen LogP contribution in [0.2, 0.25) is 0 Å². The molecule has 2 atom stereocenters. The number of rotatable bonds is 4. The highest BCUT2D eigenvalue weighted by atomic mass is 35.5. The van der Waals surface area contributed by atoms with Gasteiger partial charge in [-0.05, 0) is 30.9 Å². The third-order valence-corrected chi connectivity index (χ3v) is 5.00. The molecule has 8 heteroatoms. The van der Waals surface area contributed by atoms with E-state index >= 15 is 0 Å². The Morgan fingerprint density at radius 2 is 1.96 bits per heavy atom. The summed E-state index contributed by atoms with van der Waals surface area (Å²) in [5, 5.41) is 3.29. The minimum Gasteiger partial charge on any atom is -0.338 e. The Balaban J connectivity index is 0.00000243. The molecule has 1 aliphatic heterocycles. The van der Waals surface area contributed by atoms with Crippen LogP contribution in [-0.4, -0.2) is 39.7 Å². The topological polar surface area (TPSA) is 101 Å². The van der Waals surface area contributed by atoms with Gasteiger partial charge in [0.25, 0.3) is 11.1 Å². The summed E-state index contributed by atoms with van der Waals surface area (Å²) in [6.45, 7) is 3.47. The van der Waals surface area contributed by atoms with E-state index in [1.54, 1.807) is 24.3 Å². The van der Waals surface area contributed by atoms with Crippen molar-refractivity contribution in [1.29, 1.82) is 0 Å². The molecule has 1 saturated heterocycles. The molecule has 1 fully saturated rings. The number of halogens is 1. The first-order valence-corrected chi connectivity index (χ1v) is 8.72. The van der Waals surface area contributed by atoms with Gasteiger partial charge >= 0.3 is 0 Å². The molecule has 2 unspecified atom stereocenters. The fourth-order valence-electron chi connectivity index (χ4n) is 3.56. The fourth-order valence-corrected chi connectivity index (χ4v) is 3.56. The Bertz CT molecular complexity index is 892. The van der Waals surface area contributed by atoms with Crippen LogP contribution in [0.25, 0.3) is 10.8 Å². The van der Waals surface area contributed by atoms with Gasteiger partial charge in [0.15, 0.2) is 0 Å². The van der Waals surface area contributed by atoms with Crippen molar-refractivity contribution >= 4 is 29.1 Å². The molecule has 1 aromatic carbocycles. The van der Waals surface area contributed by atoms with Crippen molar-refractivity contribution in [3.63, 3.8) is 0 Å². The van der Waals surface area contributed by atoms with Gasteiger partial charge in [-0.1, -0.05) is 19.1 Å². The monoisotopic (exact) mass is 380 g/mol. The van der Waals surface area contributed by atoms with Crippen molar-refractivity contribution in [1.82, 2.24) is 14.7 Å². The molecule has 1 amide bonds. The smallest absolute Gasteiger partial charge is 0.273 e. The highest BCUT2D eigenvalue weighted by Gasteiger charge is 2.28. The highest BCUT2D eigenvalue weighted by Crippen LogP contribution is 2.22. The number of H-pyrrole nitrogens is 1. The molecule has 0 aliphatic carbocycles. The van der Waals surface area contributed by atoms with Gasteiger partial charge in [-0.3, -0.25) is 19.5 Å². The number of nitrogens with one attached hydrogen (secondary N) is 1. The quantitative estimate of drug-likeness (QED) is 0.828. The van der Waals surface area contributed by atoms with Crippen LogP contribution < -0.4 is 16.9 Å². The Hall–Kier alpha value is -2.12. The number of carbonyl (C=O) groups excluding carboxylic acids is 1. The molecular weight excluding hydrogens is 356 g/mol. The largest absolute Gasteiger partial charge is 0.338 e. The molecule has 1 aliphatic rings. The molecule has 26 heavy (non-hydrogen) atoms. The first-order chi connectivity index (χ1) is 12.0. The predicted octanol–water partition coefficient (Wildman–Crippen LogP) is 1.09. The zero-order valence-electron chi connectivity index (χ0n) is 14.8. The van der Waals surface area contributed by atoms with Crippen LogP contribution >= 0.6 is 12.4 Å². The van der Waals surface area contributed by atoms with Crippen LogP contribution in [0.5, 0.6) is 0 Å². The number of benzene rings is 1. The first kappa shape index (κ1) is 20.2. The number of piperidine rings is 1. The zero-order valence-corrected chi connectivity index (χ0v) is 15.6. The molecular formula is C18H25ClN4O3. The third-order valence-electron chi connectivity index (χ3n) is 5.00. The number of likely N-dealkylation sites (tertiary alicyclic amines) is 1. The van der Waals surface area contributed by atoms with E-state index in [1.807, 2.05) is 4.90 Å². The van der Waals surface area contributed by atoms with E-state index in [0.29, 0.717) is 29.8 Å². The summed E-state index contributed by atoms with van der Waals surface area (Å²) in [5.74, 6) is 0.542. The van der Waals surface area contributed by atoms with Crippen molar-refractivity contribution in [2.24, 2.45) is 11.7 Å². The third kappa shape index (κ3) is 3.99. The van der Waals surface area contributed by atoms with Gasteiger partial charge in [-0.15, -0.1) is 12.4 Å². The number of aromatic nitrogens is 2. The summed E-state index contributed by atoms with van der Waals surface area (Å²) in [4.78, 5) is 39.0. The molecule has 0 saturated carbocycles. The lowest BCUT2D eigenvalue weighted by molar-refractivity contribution is -0.135. The summed E-state index contributed by atoms with van der Waals surface area (Å²) in [6.07, 6.45) is 2.04. The van der Waals surface area contributed by atoms with E-state index < -0.39 is 0 Å². The predicted molar refractivity (Wildman–Crippen MR) is 104 cm³/mol. The van der Waals surface area contributed by atoms with E-state index in [-0.39, 0.29) is 48.4 Å². The lowest BCUT2D eigenvalue weighted by atomic mass is 9.92. The van der Waals surface area contributed by atoms with E-state index in [9.17, 15) is 14.4 Å². The SMILES string of the molecule is CC1CCN(C(=O)CCn2[nH]c(=O)c3ccccc3c2=O)C(CN)C1.Cl. The number of aromatic amines is 1. The van der Waals surface area contributed by atoms with Crippen LogP contribution in [0.15, 0.2) is 33.9 Å². The summed E-state index contributed by atoms with van der Waals surface area (Å²) >= 11 is 0. The Labute approximate surface area is 157 Å². The minimum absolute atomic E-state index is 0. The van der Waals surface area contributed by atoms with Gasteiger partial charge < -0.3 is 10.6 Å². The second kappa shape index (κ2) is 8.51. The van der Waals surface area contributed by atoms with Crippen LogP contribution in [0.3, 0.4) is 0 Å². The number of nitrogens with zero attached hydrogens (tertiary/aromatic N) is 2. The number of amides is 1. The van der Waals surface area contributed by atoms with Crippen molar-refractivity contribution < 1.29 is 4.79 Å². The van der Waals surface area contributed by atoms with E-state index in [4.69, 9.17) is 5.73 Å². The summed E-state index contributed by atoms with van der Waals surface area (Å²) in [6, 6.07) is 6.74. The van der Waals surface area contributed by atoms with Crippen molar-refractivity contribution in [2.75, 3.05) is 13.1 Å². The number of hydrogen-bond acceptors (Lipinski definition) is 4. The van der Waals surface area contributed by atoms with E-state index in [0.717, 1.165) is 12.8 Å². The van der Waals surface area contributed by atoms with Crippen molar-refractivity contribution in [2.45, 2.75) is 38.8 Å². The second-order valence-corrected chi connectivity index (χ2v) is 6.80. The number of nitrogens with two attached hydrogens (primary N) is 1. The van der Waals surface area contributed by atoms with Crippen LogP contribution in [-0.2, 0) is 11.3 Å². The standard InChI is InChI=1S/C18H24N4O3.ClH/c1-12-6-8-21(13(10-12)11-19)16(23)7-9-22-18(25)15-5-3-2-4-14(15)17(24)20-22;/h2-5,12-13H,6-11,19H2,1H3,(H,20,24);1H. The van der Waals surface area contributed by atoms with Gasteiger partial charge in [-0.2, -0.15) is 0 Å². The van der Waals surface area contributed by atoms with Gasteiger partial charge in [0.05, 0.1) is 17.3 Å². The molecule has 3 N–H and O–H groups in total. The molecule has 2 aromatic rings. The van der Waals surface area contributed by atoms with Crippen LogP contribution in [0.1, 0.15) is 26.2 Å². The normalized spacial score (nSPS) is 20.0. The van der Waals surface area contributed by atoms with Crippen molar-refractivity contribution in [3.05, 3.63) is 45.0 Å². The molecule has 142 valence electrons. The van der Waals surface area contributed by atoms with Gasteiger partial charge in [-0.25, -0.2) is 4.68 Å². The number of aryl methyl sites for hydroxylation is 1. The zero-order chi connectivity index (χ0) is 18.0. The molecule has 1 aromatic heterocycles. The summed E-state index contributed by atoms with van der Waals surface area (Å²) in [5.41, 5.74) is 5.20. The maximum absolute atomic E-state index is 12.6. The Kier molecular flexibility index (Phi) is 6.61. The van der Waals surface area contributed by atoms with Gasteiger partial charge in [0, 0.05) is 25.6 Å². The minimum atomic E-state index is -0.325. The fraction of sp³-hybridized carbons (Fsp3) is 0.500. The van der Waals surface area contributed by atoms with Crippen molar-refractivity contribution in [3.8, 4) is 0 Å². The Morgan fingerprint density at radius 1 is 1.27 bits per heavy atom. The van der Waals surface area contributed by atoms with E-state index in [2.05, 4.69) is 12.0 Å². The van der Waals surface area contributed by atoms with Crippen LogP contribution in [0.4, 0.5) is 0 Å². The molecule has 0 spiro atoms. The molecule has 3 rings (SSSR count). The molecule has 7 nitrogen and oxygen atoms in total. The number of hydrogen-bond donors (Lipinski definition) is 2. The summed E-state index contributed by atoms with van der Waals surface area (Å²) < 4.78 is 1.23. The van der Waals surface area contributed by atoms with Crippen LogP contribution in [0, 0.1) is 5.92 Å². The van der Waals surface area contributed by atoms with Gasteiger partial charge in [0.2, 0.25) is 5.91 Å². The maximum atomic E-state index is 12.6. The van der Waals surface area contributed by atoms with E-state index in [1.165, 1.54) is 4.68 Å². The molecule has 0 radical (unpaired) electrons. The average Bonchev–Trinajstić information content (AvgIpc) is 2.63. The lowest BCUT2D eigenvalue weighted by Gasteiger charge is -2.38. The second-order valence-electron chi connectivity index (χ2n) is 6.80. The maximum Gasteiger partial charge on any atom is 0.273 e. The van der Waals surface area contributed by atoms with Gasteiger partial charge in [0.1, 0.15) is 0 Å². The molecule has 2 heterocycles. The number of carbonyl (C=O) groups is 1. The molecule has 0 bridgehead atoms. The lowest BCUT2D eigenvalue weighted by Crippen LogP contribution is -2.49. The number of fused-ring (bicyclic) bond motifs is 1. The summed E-state index contributed by atoms with van der Waals surface area (Å²) in [7, 11) is 0. The first-order valence-electron chi connectivity index (χ1n) is 8.72. The highest BCUT2D eigenvalue weighted by molar-refractivity contribution is 5.85. The average molecular weight is 381 g/mol. The Morgan fingerprint density at radius 3 is 2.65 bits per heavy atom.